The molecule has 0 aliphatic carbocycles. The first kappa shape index (κ1) is 21.5. The summed E-state index contributed by atoms with van der Waals surface area (Å²) >= 11 is 0. The van der Waals surface area contributed by atoms with Crippen molar-refractivity contribution in [2.45, 2.75) is 64.8 Å². The zero-order valence-electron chi connectivity index (χ0n) is 15.8. The fraction of sp³-hybridized carbons (Fsp3) is 0.750. The second-order valence-corrected chi connectivity index (χ2v) is 7.91. The Hall–Kier alpha value is -2.52. The van der Waals surface area contributed by atoms with Crippen LogP contribution in [0.15, 0.2) is 0 Å². The van der Waals surface area contributed by atoms with Gasteiger partial charge in [-0.1, -0.05) is 0 Å². The second kappa shape index (κ2) is 7.38. The number of aliphatic carboxylic acids is 2. The first-order chi connectivity index (χ1) is 11.6. The molecule has 1 fully saturated rings. The second-order valence-electron chi connectivity index (χ2n) is 7.91. The molecule has 2 unspecified atom stereocenters. The van der Waals surface area contributed by atoms with Crippen LogP contribution in [-0.4, -0.2) is 80.5 Å². The molecule has 10 heteroatoms. The van der Waals surface area contributed by atoms with E-state index < -0.39 is 47.4 Å². The summed E-state index contributed by atoms with van der Waals surface area (Å²) in [5.74, 6) is -3.12. The Morgan fingerprint density at radius 2 is 1.00 bits per heavy atom. The Morgan fingerprint density at radius 3 is 1.19 bits per heavy atom. The molecule has 2 amide bonds. The lowest BCUT2D eigenvalue weighted by molar-refractivity contribution is -0.159. The van der Waals surface area contributed by atoms with E-state index in [1.807, 2.05) is 0 Å². The number of rotatable bonds is 2. The normalized spacial score (nSPS) is 21.2. The molecule has 0 bridgehead atoms. The lowest BCUT2D eigenvalue weighted by Crippen LogP contribution is -2.68. The van der Waals surface area contributed by atoms with Crippen molar-refractivity contribution in [3.8, 4) is 0 Å². The average molecular weight is 374 g/mol. The summed E-state index contributed by atoms with van der Waals surface area (Å²) in [4.78, 5) is 49.7. The zero-order chi connectivity index (χ0) is 20.4. The fourth-order valence-corrected chi connectivity index (χ4v) is 2.42. The highest BCUT2D eigenvalue weighted by atomic mass is 16.6. The third-order valence-electron chi connectivity index (χ3n) is 3.31. The number of carbonyl (C=O) groups excluding carboxylic acids is 2. The molecular weight excluding hydrogens is 348 g/mol. The Labute approximate surface area is 151 Å². The monoisotopic (exact) mass is 374 g/mol. The van der Waals surface area contributed by atoms with Crippen LogP contribution in [0.1, 0.15) is 41.5 Å². The fourth-order valence-electron chi connectivity index (χ4n) is 2.42. The maximum Gasteiger partial charge on any atom is 0.411 e. The number of hydrogen-bond donors (Lipinski definition) is 2. The van der Waals surface area contributed by atoms with Crippen molar-refractivity contribution in [1.29, 1.82) is 0 Å². The van der Waals surface area contributed by atoms with Crippen LogP contribution >= 0.6 is 0 Å². The van der Waals surface area contributed by atoms with Crippen molar-refractivity contribution in [1.82, 2.24) is 9.80 Å². The molecule has 0 radical (unpaired) electrons. The number of amides is 2. The minimum Gasteiger partial charge on any atom is -0.480 e. The minimum atomic E-state index is -1.80. The highest BCUT2D eigenvalue weighted by molar-refractivity contribution is 5.91. The summed E-state index contributed by atoms with van der Waals surface area (Å²) in [7, 11) is 0. The van der Waals surface area contributed by atoms with Gasteiger partial charge < -0.3 is 19.7 Å². The van der Waals surface area contributed by atoms with Crippen molar-refractivity contribution in [2.75, 3.05) is 13.1 Å². The summed E-state index contributed by atoms with van der Waals surface area (Å²) in [6.07, 6.45) is -1.92. The van der Waals surface area contributed by atoms with Gasteiger partial charge in [0.1, 0.15) is 11.2 Å². The number of ether oxygens (including phenoxy) is 2. The lowest BCUT2D eigenvalue weighted by atomic mass is 10.0. The average Bonchev–Trinajstić information content (AvgIpc) is 2.41. The molecule has 2 N–H and O–H groups in total. The molecule has 10 nitrogen and oxygen atoms in total. The number of hydrogen-bond acceptors (Lipinski definition) is 6. The molecule has 1 saturated heterocycles. The van der Waals surface area contributed by atoms with Crippen molar-refractivity contribution >= 4 is 24.1 Å². The first-order valence-corrected chi connectivity index (χ1v) is 8.09. The molecule has 0 aromatic heterocycles. The van der Waals surface area contributed by atoms with E-state index in [0.29, 0.717) is 0 Å². The maximum absolute atomic E-state index is 12.3. The quantitative estimate of drug-likeness (QED) is 0.740. The van der Waals surface area contributed by atoms with Gasteiger partial charge in [-0.2, -0.15) is 0 Å². The third kappa shape index (κ3) is 5.50. The topological polar surface area (TPSA) is 134 Å². The van der Waals surface area contributed by atoms with Gasteiger partial charge in [-0.05, 0) is 41.5 Å². The molecule has 26 heavy (non-hydrogen) atoms. The van der Waals surface area contributed by atoms with Crippen LogP contribution < -0.4 is 0 Å². The molecule has 148 valence electrons. The maximum atomic E-state index is 12.3. The zero-order valence-corrected chi connectivity index (χ0v) is 15.8. The van der Waals surface area contributed by atoms with E-state index >= 15 is 0 Å². The van der Waals surface area contributed by atoms with Crippen molar-refractivity contribution in [3.63, 3.8) is 0 Å². The number of carbonyl (C=O) groups is 4. The van der Waals surface area contributed by atoms with Gasteiger partial charge >= 0.3 is 24.1 Å². The lowest BCUT2D eigenvalue weighted by Gasteiger charge is -2.43. The molecule has 1 heterocycles. The van der Waals surface area contributed by atoms with Crippen LogP contribution in [0.5, 0.6) is 0 Å². The van der Waals surface area contributed by atoms with Gasteiger partial charge in [0.15, 0.2) is 12.1 Å². The molecule has 2 atom stereocenters. The van der Waals surface area contributed by atoms with E-state index in [0.717, 1.165) is 9.80 Å². The van der Waals surface area contributed by atoms with E-state index in [1.165, 1.54) is 0 Å². The summed E-state index contributed by atoms with van der Waals surface area (Å²) in [5, 5.41) is 19.0. The Balaban J connectivity index is 3.18. The van der Waals surface area contributed by atoms with E-state index in [9.17, 15) is 29.4 Å². The molecule has 1 rings (SSSR count). The summed E-state index contributed by atoms with van der Waals surface area (Å²) in [5.41, 5.74) is -1.78. The van der Waals surface area contributed by atoms with E-state index in [4.69, 9.17) is 9.47 Å². The Bertz CT molecular complexity index is 538. The van der Waals surface area contributed by atoms with E-state index in [-0.39, 0.29) is 13.1 Å². The largest absolute Gasteiger partial charge is 0.480 e. The summed E-state index contributed by atoms with van der Waals surface area (Å²) in [6.45, 7) is 9.22. The molecule has 0 spiro atoms. The Morgan fingerprint density at radius 1 is 0.731 bits per heavy atom. The van der Waals surface area contributed by atoms with Gasteiger partial charge in [-0.3, -0.25) is 9.80 Å². The summed E-state index contributed by atoms with van der Waals surface area (Å²) < 4.78 is 10.3. The predicted octanol–water partition coefficient (Wildman–Crippen LogP) is 1.38. The molecule has 0 saturated carbocycles. The highest BCUT2D eigenvalue weighted by Gasteiger charge is 2.50. The predicted molar refractivity (Wildman–Crippen MR) is 88.7 cm³/mol. The molecule has 1 aliphatic rings. The Kier molecular flexibility index (Phi) is 6.11. The van der Waals surface area contributed by atoms with Gasteiger partial charge in [0.25, 0.3) is 0 Å². The van der Waals surface area contributed by atoms with E-state index in [1.54, 1.807) is 41.5 Å². The van der Waals surface area contributed by atoms with Gasteiger partial charge in [0.2, 0.25) is 0 Å². The van der Waals surface area contributed by atoms with E-state index in [2.05, 4.69) is 0 Å². The van der Waals surface area contributed by atoms with Crippen molar-refractivity contribution < 1.29 is 38.9 Å². The molecular formula is C16H26N2O8. The van der Waals surface area contributed by atoms with Crippen LogP contribution in [0.4, 0.5) is 9.59 Å². The smallest absolute Gasteiger partial charge is 0.411 e. The van der Waals surface area contributed by atoms with Gasteiger partial charge in [-0.25, -0.2) is 19.2 Å². The summed E-state index contributed by atoms with van der Waals surface area (Å²) in [6, 6.07) is -3.60. The van der Waals surface area contributed by atoms with Gasteiger partial charge in [0, 0.05) is 13.1 Å². The highest BCUT2D eigenvalue weighted by Crippen LogP contribution is 2.23. The minimum absolute atomic E-state index is 0.200. The van der Waals surface area contributed by atoms with Crippen molar-refractivity contribution in [3.05, 3.63) is 0 Å². The number of nitrogens with zero attached hydrogens (tertiary/aromatic N) is 2. The molecule has 1 aliphatic heterocycles. The van der Waals surface area contributed by atoms with Crippen LogP contribution in [0.25, 0.3) is 0 Å². The van der Waals surface area contributed by atoms with Gasteiger partial charge in [0.05, 0.1) is 0 Å². The standard InChI is InChI=1S/C16H26N2O8/c1-15(2,3)25-13(23)17-7-8-18(14(24)26-16(4,5)6)10(12(21)22)9(17)11(19)20/h9-10H,7-8H2,1-6H3,(H,19,20)(H,21,22). The van der Waals surface area contributed by atoms with Crippen molar-refractivity contribution in [2.24, 2.45) is 0 Å². The van der Waals surface area contributed by atoms with Crippen LogP contribution in [0.2, 0.25) is 0 Å². The molecule has 0 aromatic rings. The number of carboxylic acids is 2. The third-order valence-corrected chi connectivity index (χ3v) is 3.31. The van der Waals surface area contributed by atoms with Crippen LogP contribution in [0, 0.1) is 0 Å². The SMILES string of the molecule is CC(C)(C)OC(=O)N1CCN(C(=O)OC(C)(C)C)C(C(=O)O)C1C(=O)O. The number of carboxylic acid groups (broad SMARTS) is 2. The molecule has 0 aromatic carbocycles. The number of piperazine rings is 1. The van der Waals surface area contributed by atoms with Crippen LogP contribution in [-0.2, 0) is 19.1 Å². The van der Waals surface area contributed by atoms with Gasteiger partial charge in [-0.15, -0.1) is 0 Å². The first-order valence-electron chi connectivity index (χ1n) is 8.09. The van der Waals surface area contributed by atoms with Crippen LogP contribution in [0.3, 0.4) is 0 Å².